The molecule has 144 valence electrons. The van der Waals surface area contributed by atoms with Gasteiger partial charge in [-0.25, -0.2) is 9.59 Å². The zero-order valence-electron chi connectivity index (χ0n) is 15.7. The summed E-state index contributed by atoms with van der Waals surface area (Å²) in [6, 6.07) is 0.536. The summed E-state index contributed by atoms with van der Waals surface area (Å²) < 4.78 is 26.8. The van der Waals surface area contributed by atoms with Crippen molar-refractivity contribution in [3.63, 3.8) is 0 Å². The summed E-state index contributed by atoms with van der Waals surface area (Å²) in [6.45, 7) is 11.3. The summed E-state index contributed by atoms with van der Waals surface area (Å²) in [5, 5.41) is 0. The molecule has 0 fully saturated rings. The summed E-state index contributed by atoms with van der Waals surface area (Å²) in [5.41, 5.74) is 0.749. The molecule has 0 aromatic rings. The lowest BCUT2D eigenvalue weighted by atomic mass is 10.3. The van der Waals surface area contributed by atoms with Gasteiger partial charge in [0, 0.05) is 38.0 Å². The lowest BCUT2D eigenvalue weighted by molar-refractivity contribution is -0.139. The topological polar surface area (TPSA) is 80.3 Å². The molecule has 0 aromatic carbocycles. The van der Waals surface area contributed by atoms with Gasteiger partial charge in [-0.1, -0.05) is 13.2 Å². The van der Waals surface area contributed by atoms with Crippen LogP contribution in [0.25, 0.3) is 0 Å². The average Bonchev–Trinajstić information content (AvgIpc) is 2.59. The maximum atomic E-state index is 11.3. The second kappa shape index (κ2) is 12.8. The number of unbranched alkanes of at least 4 members (excludes halogenated alkanes) is 1. The Labute approximate surface area is 151 Å². The molecule has 0 saturated carbocycles. The first-order chi connectivity index (χ1) is 11.8. The summed E-state index contributed by atoms with van der Waals surface area (Å²) >= 11 is 0. The highest BCUT2D eigenvalue weighted by atomic mass is 28.4. The van der Waals surface area contributed by atoms with Crippen LogP contribution in [0.1, 0.15) is 33.1 Å². The van der Waals surface area contributed by atoms with Crippen molar-refractivity contribution in [3.8, 4) is 0 Å². The number of ether oxygens (including phenoxy) is 2. The third-order valence-electron chi connectivity index (χ3n) is 3.27. The Bertz CT molecular complexity index is 458. The minimum absolute atomic E-state index is 0.257. The van der Waals surface area contributed by atoms with Gasteiger partial charge in [-0.05, 0) is 33.1 Å². The van der Waals surface area contributed by atoms with Gasteiger partial charge in [-0.2, -0.15) is 0 Å². The zero-order valence-corrected chi connectivity index (χ0v) is 16.7. The fraction of sp³-hybridized carbons (Fsp3) is 0.647. The Hall–Kier alpha value is -1.48. The number of carbonyl (C=O) groups excluding carboxylic acids is 2. The molecule has 25 heavy (non-hydrogen) atoms. The minimum atomic E-state index is -2.78. The first-order valence-corrected chi connectivity index (χ1v) is 10.1. The van der Waals surface area contributed by atoms with Crippen molar-refractivity contribution in [1.29, 1.82) is 0 Å². The van der Waals surface area contributed by atoms with E-state index in [0.29, 0.717) is 49.7 Å². The quantitative estimate of drug-likeness (QED) is 0.200. The van der Waals surface area contributed by atoms with E-state index in [4.69, 9.17) is 22.8 Å². The van der Waals surface area contributed by atoms with E-state index in [-0.39, 0.29) is 12.6 Å². The zero-order chi connectivity index (χ0) is 19.3. The highest BCUT2D eigenvalue weighted by Crippen LogP contribution is 2.17. The van der Waals surface area contributed by atoms with Gasteiger partial charge in [-0.15, -0.1) is 0 Å². The van der Waals surface area contributed by atoms with E-state index in [1.807, 2.05) is 0 Å². The number of rotatable bonds is 14. The predicted molar refractivity (Wildman–Crippen MR) is 95.9 cm³/mol. The van der Waals surface area contributed by atoms with Crippen LogP contribution in [0, 0.1) is 0 Å². The van der Waals surface area contributed by atoms with E-state index >= 15 is 0 Å². The summed E-state index contributed by atoms with van der Waals surface area (Å²) in [6.07, 6.45) is 1.95. The molecule has 0 aliphatic rings. The van der Waals surface area contributed by atoms with Gasteiger partial charge in [0.1, 0.15) is 0 Å². The van der Waals surface area contributed by atoms with Crippen molar-refractivity contribution in [3.05, 3.63) is 24.3 Å². The maximum Gasteiger partial charge on any atom is 0.500 e. The average molecular weight is 375 g/mol. The van der Waals surface area contributed by atoms with Crippen molar-refractivity contribution in [2.24, 2.45) is 0 Å². The molecule has 7 nitrogen and oxygen atoms in total. The standard InChI is InChI=1S/C17H30O7Si/c1-14(2)16(18)22-10-7-8-12-24-25(20-5,21-6)13-9-11-23-17(19)15(3)4/h1,3,7-13H2,2,4-6H3. The molecule has 0 heterocycles. The van der Waals surface area contributed by atoms with Crippen LogP contribution in [0.5, 0.6) is 0 Å². The van der Waals surface area contributed by atoms with Crippen LogP contribution in [-0.2, 0) is 32.3 Å². The van der Waals surface area contributed by atoms with Crippen LogP contribution in [0.4, 0.5) is 0 Å². The molecule has 0 aliphatic carbocycles. The van der Waals surface area contributed by atoms with Crippen molar-refractivity contribution in [2.45, 2.75) is 39.2 Å². The molecule has 8 heteroatoms. The van der Waals surface area contributed by atoms with Gasteiger partial charge in [-0.3, -0.25) is 0 Å². The molecule has 0 saturated heterocycles. The number of carbonyl (C=O) groups is 2. The molecule has 0 bridgehead atoms. The smallest absolute Gasteiger partial charge is 0.462 e. The molecule has 0 spiro atoms. The van der Waals surface area contributed by atoms with E-state index in [1.165, 1.54) is 0 Å². The van der Waals surface area contributed by atoms with Gasteiger partial charge in [0.2, 0.25) is 0 Å². The van der Waals surface area contributed by atoms with Crippen LogP contribution < -0.4 is 0 Å². The Morgan fingerprint density at radius 1 is 0.800 bits per heavy atom. The predicted octanol–water partition coefficient (Wildman–Crippen LogP) is 2.64. The molecule has 0 N–H and O–H groups in total. The maximum absolute atomic E-state index is 11.3. The molecule has 0 atom stereocenters. The third kappa shape index (κ3) is 10.2. The van der Waals surface area contributed by atoms with Crippen LogP contribution in [0.3, 0.4) is 0 Å². The van der Waals surface area contributed by atoms with E-state index < -0.39 is 14.8 Å². The van der Waals surface area contributed by atoms with Gasteiger partial charge < -0.3 is 22.8 Å². The lowest BCUT2D eigenvalue weighted by Gasteiger charge is -2.26. The molecule has 0 radical (unpaired) electrons. The first kappa shape index (κ1) is 23.5. The second-order valence-electron chi connectivity index (χ2n) is 5.58. The number of esters is 2. The number of hydrogen-bond donors (Lipinski definition) is 0. The Morgan fingerprint density at radius 3 is 1.68 bits per heavy atom. The lowest BCUT2D eigenvalue weighted by Crippen LogP contribution is -2.44. The Morgan fingerprint density at radius 2 is 1.24 bits per heavy atom. The molecular formula is C17H30O7Si. The first-order valence-electron chi connectivity index (χ1n) is 8.17. The molecule has 0 unspecified atom stereocenters. The van der Waals surface area contributed by atoms with E-state index in [2.05, 4.69) is 13.2 Å². The molecule has 0 rings (SSSR count). The van der Waals surface area contributed by atoms with Crippen LogP contribution in [-0.4, -0.2) is 54.8 Å². The van der Waals surface area contributed by atoms with E-state index in [9.17, 15) is 9.59 Å². The summed E-state index contributed by atoms with van der Waals surface area (Å²) in [7, 11) is 0.314. The van der Waals surface area contributed by atoms with Crippen molar-refractivity contribution >= 4 is 20.7 Å². The fourth-order valence-corrected chi connectivity index (χ4v) is 3.76. The van der Waals surface area contributed by atoms with Crippen LogP contribution in [0.2, 0.25) is 6.04 Å². The van der Waals surface area contributed by atoms with Crippen LogP contribution >= 0.6 is 0 Å². The SMILES string of the molecule is C=C(C)C(=O)OCCCCO[Si](CCCOC(=O)C(=C)C)(OC)OC. The van der Waals surface area contributed by atoms with E-state index in [1.54, 1.807) is 28.1 Å². The monoisotopic (exact) mass is 374 g/mol. The second-order valence-corrected chi connectivity index (χ2v) is 8.55. The highest BCUT2D eigenvalue weighted by Gasteiger charge is 2.38. The molecular weight excluding hydrogens is 344 g/mol. The molecule has 0 aliphatic heterocycles. The van der Waals surface area contributed by atoms with Crippen LogP contribution in [0.15, 0.2) is 24.3 Å². The fourth-order valence-electron chi connectivity index (χ4n) is 1.77. The third-order valence-corrected chi connectivity index (χ3v) is 6.13. The number of hydrogen-bond acceptors (Lipinski definition) is 7. The van der Waals surface area contributed by atoms with E-state index in [0.717, 1.165) is 0 Å². The highest BCUT2D eigenvalue weighted by molar-refractivity contribution is 6.60. The Balaban J connectivity index is 4.05. The van der Waals surface area contributed by atoms with Gasteiger partial charge in [0.05, 0.1) is 13.2 Å². The molecule has 0 amide bonds. The minimum Gasteiger partial charge on any atom is -0.462 e. The van der Waals surface area contributed by atoms with Crippen molar-refractivity contribution in [2.75, 3.05) is 34.0 Å². The largest absolute Gasteiger partial charge is 0.500 e. The summed E-state index contributed by atoms with van der Waals surface area (Å²) in [5.74, 6) is -0.796. The van der Waals surface area contributed by atoms with Crippen molar-refractivity contribution in [1.82, 2.24) is 0 Å². The molecule has 0 aromatic heterocycles. The normalized spacial score (nSPS) is 11.0. The van der Waals surface area contributed by atoms with Gasteiger partial charge in [0.25, 0.3) is 0 Å². The van der Waals surface area contributed by atoms with Gasteiger partial charge >= 0.3 is 20.7 Å². The Kier molecular flexibility index (Phi) is 12.1. The summed E-state index contributed by atoms with van der Waals surface area (Å²) in [4.78, 5) is 22.6. The van der Waals surface area contributed by atoms with Gasteiger partial charge in [0.15, 0.2) is 0 Å². The van der Waals surface area contributed by atoms with Crippen molar-refractivity contribution < 1.29 is 32.3 Å².